The van der Waals surface area contributed by atoms with Gasteiger partial charge in [0.2, 0.25) is 0 Å². The van der Waals surface area contributed by atoms with E-state index in [1.54, 1.807) is 0 Å². The summed E-state index contributed by atoms with van der Waals surface area (Å²) in [4.78, 5) is 22.9. The first kappa shape index (κ1) is 19.7. The number of hydrogen-bond acceptors (Lipinski definition) is 6. The Morgan fingerprint density at radius 2 is 1.81 bits per heavy atom. The van der Waals surface area contributed by atoms with Crippen molar-refractivity contribution in [1.82, 2.24) is 19.9 Å². The first-order valence-corrected chi connectivity index (χ1v) is 10.7. The van der Waals surface area contributed by atoms with Gasteiger partial charge in [0.05, 0.1) is 5.52 Å². The minimum absolute atomic E-state index is 0.691. The number of halogens is 1. The monoisotopic (exact) mass is 430 g/mol. The minimum atomic E-state index is 0.691. The van der Waals surface area contributed by atoms with Crippen molar-refractivity contribution in [2.24, 2.45) is 0 Å². The van der Waals surface area contributed by atoms with Crippen LogP contribution >= 0.6 is 11.6 Å². The van der Waals surface area contributed by atoms with Crippen LogP contribution in [0.3, 0.4) is 0 Å². The maximum Gasteiger partial charge on any atom is 0.140 e. The maximum absolute atomic E-state index is 6.28. The van der Waals surface area contributed by atoms with Gasteiger partial charge in [0.15, 0.2) is 0 Å². The number of nitrogens with zero attached hydrogens (tertiary/aromatic N) is 6. The molecule has 6 nitrogen and oxygen atoms in total. The van der Waals surface area contributed by atoms with Crippen LogP contribution in [0.25, 0.3) is 22.0 Å². The summed E-state index contributed by atoms with van der Waals surface area (Å²) in [7, 11) is 3.98. The number of aryl methyl sites for hydroxylation is 1. The van der Waals surface area contributed by atoms with E-state index in [0.717, 1.165) is 64.7 Å². The second-order valence-electron chi connectivity index (χ2n) is 8.06. The normalized spacial score (nSPS) is 13.4. The van der Waals surface area contributed by atoms with E-state index in [1.807, 2.05) is 62.6 Å². The Hall–Kier alpha value is -3.25. The molecule has 0 atom stereocenters. The molecule has 5 rings (SSSR count). The van der Waals surface area contributed by atoms with Crippen molar-refractivity contribution in [2.45, 2.75) is 19.9 Å². The summed E-state index contributed by atoms with van der Waals surface area (Å²) in [5.74, 6) is 2.62. The predicted molar refractivity (Wildman–Crippen MR) is 126 cm³/mol. The topological polar surface area (TPSA) is 58.0 Å². The number of hydrogen-bond donors (Lipinski definition) is 0. The van der Waals surface area contributed by atoms with E-state index >= 15 is 0 Å². The summed E-state index contributed by atoms with van der Waals surface area (Å²) in [6, 6.07) is 12.1. The van der Waals surface area contributed by atoms with Crippen molar-refractivity contribution >= 4 is 34.1 Å². The largest absolute Gasteiger partial charge is 0.363 e. The van der Waals surface area contributed by atoms with Crippen LogP contribution in [-0.4, -0.2) is 40.6 Å². The van der Waals surface area contributed by atoms with E-state index < -0.39 is 0 Å². The third-order valence-electron chi connectivity index (χ3n) is 5.63. The predicted octanol–water partition coefficient (Wildman–Crippen LogP) is 4.68. The Bertz CT molecular complexity index is 1270. The van der Waals surface area contributed by atoms with Gasteiger partial charge < -0.3 is 9.80 Å². The molecular weight excluding hydrogens is 408 g/mol. The lowest BCUT2D eigenvalue weighted by Crippen LogP contribution is -2.32. The molecule has 1 aromatic carbocycles. The third-order valence-corrected chi connectivity index (χ3v) is 5.86. The average Bonchev–Trinajstić information content (AvgIpc) is 2.78. The number of aromatic nitrogens is 4. The molecule has 0 saturated carbocycles. The van der Waals surface area contributed by atoms with E-state index in [1.165, 1.54) is 5.56 Å². The summed E-state index contributed by atoms with van der Waals surface area (Å²) in [6.45, 7) is 3.54. The molecule has 0 saturated heterocycles. The Morgan fingerprint density at radius 1 is 0.968 bits per heavy atom. The van der Waals surface area contributed by atoms with Gasteiger partial charge in [-0.2, -0.15) is 0 Å². The average molecular weight is 431 g/mol. The number of fused-ring (bicyclic) bond motifs is 2. The molecule has 0 bridgehead atoms. The number of anilines is 2. The number of rotatable bonds is 3. The van der Waals surface area contributed by atoms with Gasteiger partial charge in [0.25, 0.3) is 0 Å². The van der Waals surface area contributed by atoms with E-state index in [-0.39, 0.29) is 0 Å². The first-order chi connectivity index (χ1) is 15.0. The molecule has 0 aliphatic carbocycles. The van der Waals surface area contributed by atoms with E-state index in [4.69, 9.17) is 21.6 Å². The number of pyridine rings is 2. The van der Waals surface area contributed by atoms with Crippen LogP contribution in [0.1, 0.15) is 17.1 Å². The van der Waals surface area contributed by atoms with Crippen LogP contribution in [-0.2, 0) is 13.0 Å². The van der Waals surface area contributed by atoms with Crippen molar-refractivity contribution in [3.05, 3.63) is 70.9 Å². The van der Waals surface area contributed by atoms with Gasteiger partial charge in [-0.15, -0.1) is 0 Å². The van der Waals surface area contributed by atoms with Crippen LogP contribution in [0.5, 0.6) is 0 Å². The SMILES string of the molecule is Cc1nc(N2CCc3ncc(-c4ccc(N(C)C)nc4)cc3C2)c2cc(Cl)ccc2n1. The van der Waals surface area contributed by atoms with Crippen molar-refractivity contribution < 1.29 is 0 Å². The molecule has 0 unspecified atom stereocenters. The summed E-state index contributed by atoms with van der Waals surface area (Å²) < 4.78 is 0. The van der Waals surface area contributed by atoms with E-state index in [9.17, 15) is 0 Å². The molecule has 0 fully saturated rings. The first-order valence-electron chi connectivity index (χ1n) is 10.3. The van der Waals surface area contributed by atoms with Crippen molar-refractivity contribution in [2.75, 3.05) is 30.4 Å². The summed E-state index contributed by atoms with van der Waals surface area (Å²) in [6.07, 6.45) is 4.73. The lowest BCUT2D eigenvalue weighted by atomic mass is 10.0. The highest BCUT2D eigenvalue weighted by molar-refractivity contribution is 6.31. The molecule has 0 spiro atoms. The van der Waals surface area contributed by atoms with E-state index in [2.05, 4.69) is 27.0 Å². The molecule has 156 valence electrons. The zero-order valence-corrected chi connectivity index (χ0v) is 18.6. The van der Waals surface area contributed by atoms with Gasteiger partial charge in [-0.05, 0) is 48.9 Å². The molecule has 4 heterocycles. The zero-order valence-electron chi connectivity index (χ0n) is 17.8. The molecule has 7 heteroatoms. The summed E-state index contributed by atoms with van der Waals surface area (Å²) in [5.41, 5.74) is 5.41. The summed E-state index contributed by atoms with van der Waals surface area (Å²) in [5, 5.41) is 1.67. The minimum Gasteiger partial charge on any atom is -0.363 e. The standard InChI is InChI=1S/C24H23ClN6/c1-15-28-22-6-5-19(25)11-20(22)24(29-15)31-9-8-21-18(14-31)10-17(13-26-21)16-4-7-23(27-12-16)30(2)3/h4-7,10-13H,8-9,14H2,1-3H3. The molecule has 0 amide bonds. The second-order valence-corrected chi connectivity index (χ2v) is 8.49. The fourth-order valence-corrected chi connectivity index (χ4v) is 4.20. The zero-order chi connectivity index (χ0) is 21.5. The van der Waals surface area contributed by atoms with Crippen LogP contribution in [0.2, 0.25) is 5.02 Å². The molecule has 0 radical (unpaired) electrons. The maximum atomic E-state index is 6.28. The highest BCUT2D eigenvalue weighted by Gasteiger charge is 2.22. The van der Waals surface area contributed by atoms with Crippen LogP contribution in [0, 0.1) is 6.92 Å². The Kier molecular flexibility index (Phi) is 4.94. The molecular formula is C24H23ClN6. The Labute approximate surface area is 186 Å². The van der Waals surface area contributed by atoms with Gasteiger partial charge in [0.1, 0.15) is 17.5 Å². The van der Waals surface area contributed by atoms with E-state index in [0.29, 0.717) is 5.02 Å². The number of benzene rings is 1. The van der Waals surface area contributed by atoms with Crippen LogP contribution in [0.4, 0.5) is 11.6 Å². The highest BCUT2D eigenvalue weighted by atomic mass is 35.5. The molecule has 1 aliphatic rings. The lowest BCUT2D eigenvalue weighted by molar-refractivity contribution is 0.703. The summed E-state index contributed by atoms with van der Waals surface area (Å²) >= 11 is 6.28. The van der Waals surface area contributed by atoms with Gasteiger partial charge in [-0.25, -0.2) is 15.0 Å². The van der Waals surface area contributed by atoms with Crippen LogP contribution in [0.15, 0.2) is 48.8 Å². The van der Waals surface area contributed by atoms with Gasteiger partial charge in [-0.3, -0.25) is 4.98 Å². The van der Waals surface area contributed by atoms with Crippen molar-refractivity contribution in [1.29, 1.82) is 0 Å². The third kappa shape index (κ3) is 3.79. The lowest BCUT2D eigenvalue weighted by Gasteiger charge is -2.30. The van der Waals surface area contributed by atoms with Crippen LogP contribution < -0.4 is 9.80 Å². The Balaban J connectivity index is 1.50. The smallest absolute Gasteiger partial charge is 0.140 e. The van der Waals surface area contributed by atoms with Gasteiger partial charge in [-0.1, -0.05) is 11.6 Å². The quantitative estimate of drug-likeness (QED) is 0.470. The molecule has 31 heavy (non-hydrogen) atoms. The fraction of sp³-hybridized carbons (Fsp3) is 0.250. The molecule has 4 aromatic rings. The van der Waals surface area contributed by atoms with Crippen molar-refractivity contribution in [3.63, 3.8) is 0 Å². The molecule has 3 aromatic heterocycles. The highest BCUT2D eigenvalue weighted by Crippen LogP contribution is 2.31. The molecule has 0 N–H and O–H groups in total. The second kappa shape index (κ2) is 7.78. The van der Waals surface area contributed by atoms with Gasteiger partial charge >= 0.3 is 0 Å². The molecule has 1 aliphatic heterocycles. The Morgan fingerprint density at radius 3 is 2.58 bits per heavy atom. The fourth-order valence-electron chi connectivity index (χ4n) is 4.02. The van der Waals surface area contributed by atoms with Gasteiger partial charge in [0, 0.05) is 73.2 Å². The van der Waals surface area contributed by atoms with Crippen molar-refractivity contribution in [3.8, 4) is 11.1 Å².